The van der Waals surface area contributed by atoms with Gasteiger partial charge in [-0.3, -0.25) is 9.59 Å². The normalized spacial score (nSPS) is 17.1. The Morgan fingerprint density at radius 2 is 1.61 bits per heavy atom. The molecule has 0 spiro atoms. The van der Waals surface area contributed by atoms with Gasteiger partial charge in [0.15, 0.2) is 0 Å². The van der Waals surface area contributed by atoms with E-state index in [0.29, 0.717) is 22.5 Å². The van der Waals surface area contributed by atoms with Crippen molar-refractivity contribution < 1.29 is 14.0 Å². The highest BCUT2D eigenvalue weighted by atomic mass is 19.1. The van der Waals surface area contributed by atoms with Gasteiger partial charge in [-0.25, -0.2) is 9.29 Å². The fourth-order valence-corrected chi connectivity index (χ4v) is 3.77. The maximum Gasteiger partial charge on any atom is 0.282 e. The van der Waals surface area contributed by atoms with Crippen LogP contribution in [-0.2, 0) is 9.59 Å². The van der Waals surface area contributed by atoms with Gasteiger partial charge in [0.05, 0.1) is 11.3 Å². The number of carbonyl (C=O) groups excluding carboxylic acids is 2. The molecular formula is C22H22FN3O2. The SMILES string of the molecule is CN(C)c1cccc(N2C(=O)C(c3ccc(F)cc3)=C(N3CCCC3)C2=O)c1. The van der Waals surface area contributed by atoms with Crippen LogP contribution in [0.15, 0.2) is 54.2 Å². The molecule has 0 atom stereocenters. The van der Waals surface area contributed by atoms with E-state index in [0.717, 1.165) is 31.6 Å². The van der Waals surface area contributed by atoms with E-state index in [1.165, 1.54) is 17.0 Å². The lowest BCUT2D eigenvalue weighted by Gasteiger charge is -2.21. The fourth-order valence-electron chi connectivity index (χ4n) is 3.77. The Hall–Kier alpha value is -3.15. The van der Waals surface area contributed by atoms with Gasteiger partial charge in [-0.2, -0.15) is 0 Å². The van der Waals surface area contributed by atoms with Crippen LogP contribution in [0.4, 0.5) is 15.8 Å². The smallest absolute Gasteiger partial charge is 0.282 e. The van der Waals surface area contributed by atoms with E-state index in [4.69, 9.17) is 0 Å². The third-order valence-electron chi connectivity index (χ3n) is 5.22. The second-order valence-corrected chi connectivity index (χ2v) is 7.28. The van der Waals surface area contributed by atoms with E-state index >= 15 is 0 Å². The highest BCUT2D eigenvalue weighted by Crippen LogP contribution is 2.36. The molecule has 2 aliphatic rings. The van der Waals surface area contributed by atoms with Gasteiger partial charge in [0.2, 0.25) is 0 Å². The number of hydrogen-bond donors (Lipinski definition) is 0. The van der Waals surface area contributed by atoms with Crippen molar-refractivity contribution in [3.8, 4) is 0 Å². The summed E-state index contributed by atoms with van der Waals surface area (Å²) in [5.41, 5.74) is 2.77. The third-order valence-corrected chi connectivity index (χ3v) is 5.22. The van der Waals surface area contributed by atoms with Crippen molar-refractivity contribution in [2.45, 2.75) is 12.8 Å². The molecule has 6 heteroatoms. The molecule has 4 rings (SSSR count). The summed E-state index contributed by atoms with van der Waals surface area (Å²) < 4.78 is 13.4. The first kappa shape index (κ1) is 18.2. The Bertz CT molecular complexity index is 960. The molecule has 0 unspecified atom stereocenters. The molecule has 1 saturated heterocycles. The summed E-state index contributed by atoms with van der Waals surface area (Å²) in [6.07, 6.45) is 1.97. The molecule has 2 aromatic carbocycles. The Morgan fingerprint density at radius 1 is 0.929 bits per heavy atom. The van der Waals surface area contributed by atoms with E-state index in [1.807, 2.05) is 42.1 Å². The zero-order valence-electron chi connectivity index (χ0n) is 16.0. The van der Waals surface area contributed by atoms with Gasteiger partial charge < -0.3 is 9.80 Å². The topological polar surface area (TPSA) is 43.9 Å². The fraction of sp³-hybridized carbons (Fsp3) is 0.273. The van der Waals surface area contributed by atoms with Crippen molar-refractivity contribution >= 4 is 28.8 Å². The van der Waals surface area contributed by atoms with Crippen LogP contribution in [0.3, 0.4) is 0 Å². The first-order valence-corrected chi connectivity index (χ1v) is 9.38. The Kier molecular flexibility index (Phi) is 4.63. The lowest BCUT2D eigenvalue weighted by molar-refractivity contribution is -0.120. The maximum absolute atomic E-state index is 13.4. The van der Waals surface area contributed by atoms with E-state index in [2.05, 4.69) is 0 Å². The van der Waals surface area contributed by atoms with Crippen molar-refractivity contribution in [3.63, 3.8) is 0 Å². The number of rotatable bonds is 4. The molecule has 2 heterocycles. The second kappa shape index (κ2) is 7.11. The van der Waals surface area contributed by atoms with E-state index < -0.39 is 0 Å². The number of carbonyl (C=O) groups is 2. The number of amides is 2. The summed E-state index contributed by atoms with van der Waals surface area (Å²) >= 11 is 0. The van der Waals surface area contributed by atoms with Gasteiger partial charge in [-0.05, 0) is 48.7 Å². The summed E-state index contributed by atoms with van der Waals surface area (Å²) in [7, 11) is 3.81. The second-order valence-electron chi connectivity index (χ2n) is 7.28. The van der Waals surface area contributed by atoms with Gasteiger partial charge in [0, 0.05) is 32.9 Å². The number of imide groups is 1. The number of benzene rings is 2. The van der Waals surface area contributed by atoms with Crippen LogP contribution in [0.2, 0.25) is 0 Å². The highest BCUT2D eigenvalue weighted by molar-refractivity contribution is 6.45. The average molecular weight is 379 g/mol. The predicted octanol–water partition coefficient (Wildman–Crippen LogP) is 3.27. The Morgan fingerprint density at radius 3 is 2.25 bits per heavy atom. The number of likely N-dealkylation sites (tertiary alicyclic amines) is 1. The number of hydrogen-bond acceptors (Lipinski definition) is 4. The molecule has 2 aromatic rings. The number of nitrogens with zero attached hydrogens (tertiary/aromatic N) is 3. The lowest BCUT2D eigenvalue weighted by atomic mass is 10.0. The lowest BCUT2D eigenvalue weighted by Crippen LogP contribution is -2.34. The van der Waals surface area contributed by atoms with Crippen molar-refractivity contribution in [2.24, 2.45) is 0 Å². The van der Waals surface area contributed by atoms with Gasteiger partial charge in [0.25, 0.3) is 11.8 Å². The molecule has 1 fully saturated rings. The first-order valence-electron chi connectivity index (χ1n) is 9.38. The third kappa shape index (κ3) is 3.05. The van der Waals surface area contributed by atoms with Crippen LogP contribution in [0.5, 0.6) is 0 Å². The zero-order chi connectivity index (χ0) is 19.8. The van der Waals surface area contributed by atoms with Crippen LogP contribution >= 0.6 is 0 Å². The molecule has 2 aliphatic heterocycles. The monoisotopic (exact) mass is 379 g/mol. The minimum absolute atomic E-state index is 0.317. The molecule has 0 N–H and O–H groups in total. The summed E-state index contributed by atoms with van der Waals surface area (Å²) in [4.78, 5) is 31.9. The maximum atomic E-state index is 13.4. The predicted molar refractivity (Wildman–Crippen MR) is 107 cm³/mol. The summed E-state index contributed by atoms with van der Waals surface area (Å²) in [5.74, 6) is -1.06. The van der Waals surface area contributed by atoms with Crippen LogP contribution < -0.4 is 9.80 Å². The minimum Gasteiger partial charge on any atom is -0.378 e. The van der Waals surface area contributed by atoms with Crippen molar-refractivity contribution in [3.05, 3.63) is 65.6 Å². The molecule has 0 saturated carbocycles. The van der Waals surface area contributed by atoms with Crippen LogP contribution in [0.25, 0.3) is 5.57 Å². The van der Waals surface area contributed by atoms with Gasteiger partial charge >= 0.3 is 0 Å². The van der Waals surface area contributed by atoms with Gasteiger partial charge in [-0.1, -0.05) is 18.2 Å². The minimum atomic E-state index is -0.376. The quantitative estimate of drug-likeness (QED) is 0.765. The molecule has 0 radical (unpaired) electrons. The van der Waals surface area contributed by atoms with Crippen LogP contribution in [0, 0.1) is 5.82 Å². The van der Waals surface area contributed by atoms with Gasteiger partial charge in [0.1, 0.15) is 11.5 Å². The van der Waals surface area contributed by atoms with Crippen LogP contribution in [-0.4, -0.2) is 43.9 Å². The molecule has 0 bridgehead atoms. The summed E-state index contributed by atoms with van der Waals surface area (Å²) in [6, 6.07) is 13.1. The largest absolute Gasteiger partial charge is 0.378 e. The van der Waals surface area contributed by atoms with Crippen molar-refractivity contribution in [1.82, 2.24) is 4.90 Å². The Labute approximate surface area is 163 Å². The zero-order valence-corrected chi connectivity index (χ0v) is 16.0. The molecule has 0 aromatic heterocycles. The van der Waals surface area contributed by atoms with Gasteiger partial charge in [-0.15, -0.1) is 0 Å². The molecule has 0 aliphatic carbocycles. The highest BCUT2D eigenvalue weighted by Gasteiger charge is 2.43. The van der Waals surface area contributed by atoms with Crippen molar-refractivity contribution in [2.75, 3.05) is 37.0 Å². The Balaban J connectivity index is 1.81. The number of anilines is 2. The first-order chi connectivity index (χ1) is 13.5. The van der Waals surface area contributed by atoms with Crippen LogP contribution in [0.1, 0.15) is 18.4 Å². The van der Waals surface area contributed by atoms with E-state index in [1.54, 1.807) is 18.2 Å². The summed E-state index contributed by atoms with van der Waals surface area (Å²) in [5, 5.41) is 0. The molecule has 5 nitrogen and oxygen atoms in total. The van der Waals surface area contributed by atoms with E-state index in [-0.39, 0.29) is 17.6 Å². The van der Waals surface area contributed by atoms with Crippen molar-refractivity contribution in [1.29, 1.82) is 0 Å². The number of halogens is 1. The molecular weight excluding hydrogens is 357 g/mol. The average Bonchev–Trinajstić information content (AvgIpc) is 3.29. The summed E-state index contributed by atoms with van der Waals surface area (Å²) in [6.45, 7) is 1.48. The molecule has 28 heavy (non-hydrogen) atoms. The molecule has 144 valence electrons. The van der Waals surface area contributed by atoms with E-state index in [9.17, 15) is 14.0 Å². The molecule has 2 amide bonds. The standard InChI is InChI=1S/C22H22FN3O2/c1-24(2)17-6-5-7-18(14-17)26-21(27)19(15-8-10-16(23)11-9-15)20(22(26)28)25-12-3-4-13-25/h5-11,14H,3-4,12-13H2,1-2H3.